The molecule has 19 heavy (non-hydrogen) atoms. The van der Waals surface area contributed by atoms with Crippen molar-refractivity contribution < 1.29 is 13.2 Å². The number of halogens is 1. The predicted octanol–water partition coefficient (Wildman–Crippen LogP) is 2.36. The molecule has 0 amide bonds. The van der Waals surface area contributed by atoms with Crippen LogP contribution in [0.2, 0.25) is 5.02 Å². The van der Waals surface area contributed by atoms with E-state index in [-0.39, 0.29) is 12.6 Å². The molecule has 2 rings (SSSR count). The van der Waals surface area contributed by atoms with Crippen LogP contribution in [0.1, 0.15) is 24.5 Å². The molecular formula is C13H18ClNO3S. The molecule has 0 unspecified atom stereocenters. The number of benzene rings is 1. The summed E-state index contributed by atoms with van der Waals surface area (Å²) in [4.78, 5) is 0. The number of hydrogen-bond donors (Lipinski definition) is 1. The van der Waals surface area contributed by atoms with Crippen LogP contribution < -0.4 is 4.72 Å². The van der Waals surface area contributed by atoms with E-state index in [1.807, 2.05) is 12.1 Å². The second kappa shape index (κ2) is 6.22. The molecule has 0 bridgehead atoms. The first-order valence-electron chi connectivity index (χ1n) is 6.26. The Bertz CT molecular complexity index is 511. The van der Waals surface area contributed by atoms with Crippen molar-refractivity contribution in [2.45, 2.75) is 18.9 Å². The van der Waals surface area contributed by atoms with Crippen LogP contribution in [0.15, 0.2) is 24.3 Å². The van der Waals surface area contributed by atoms with Crippen LogP contribution in [0.5, 0.6) is 0 Å². The van der Waals surface area contributed by atoms with E-state index >= 15 is 0 Å². The molecule has 6 heteroatoms. The number of rotatable bonds is 7. The molecule has 1 aliphatic carbocycles. The summed E-state index contributed by atoms with van der Waals surface area (Å²) in [6.45, 7) is 0.923. The molecule has 1 fully saturated rings. The first kappa shape index (κ1) is 14.8. The van der Waals surface area contributed by atoms with Crippen molar-refractivity contribution >= 4 is 21.6 Å². The van der Waals surface area contributed by atoms with Crippen molar-refractivity contribution in [3.63, 3.8) is 0 Å². The van der Waals surface area contributed by atoms with Gasteiger partial charge in [-0.25, -0.2) is 13.1 Å². The Hall–Kier alpha value is -0.620. The van der Waals surface area contributed by atoms with Gasteiger partial charge in [-0.05, 0) is 36.5 Å². The van der Waals surface area contributed by atoms with Gasteiger partial charge < -0.3 is 4.74 Å². The maximum absolute atomic E-state index is 11.2. The fraction of sp³-hybridized carbons (Fsp3) is 0.538. The molecule has 1 N–H and O–H groups in total. The van der Waals surface area contributed by atoms with Crippen LogP contribution in [0.3, 0.4) is 0 Å². The van der Waals surface area contributed by atoms with Gasteiger partial charge in [-0.3, -0.25) is 0 Å². The molecule has 1 aromatic rings. The molecule has 0 saturated heterocycles. The normalized spacial score (nSPS) is 17.4. The molecule has 106 valence electrons. The van der Waals surface area contributed by atoms with Crippen molar-refractivity contribution in [3.05, 3.63) is 34.9 Å². The van der Waals surface area contributed by atoms with E-state index in [1.165, 1.54) is 12.8 Å². The Kier molecular flexibility index (Phi) is 4.84. The van der Waals surface area contributed by atoms with Gasteiger partial charge in [0.05, 0.1) is 19.0 Å². The smallest absolute Gasteiger partial charge is 0.208 e. The van der Waals surface area contributed by atoms with Gasteiger partial charge in [-0.15, -0.1) is 0 Å². The predicted molar refractivity (Wildman–Crippen MR) is 75.7 cm³/mol. The highest BCUT2D eigenvalue weighted by Gasteiger charge is 2.24. The summed E-state index contributed by atoms with van der Waals surface area (Å²) in [7, 11) is -3.21. The Balaban J connectivity index is 2.01. The van der Waals surface area contributed by atoms with Crippen molar-refractivity contribution in [1.82, 2.24) is 4.72 Å². The highest BCUT2D eigenvalue weighted by molar-refractivity contribution is 7.88. The topological polar surface area (TPSA) is 55.4 Å². The zero-order valence-corrected chi connectivity index (χ0v) is 12.4. The summed E-state index contributed by atoms with van der Waals surface area (Å²) in [5, 5.41) is 0.653. The lowest BCUT2D eigenvalue weighted by molar-refractivity contribution is 0.0487. The molecule has 1 aromatic carbocycles. The van der Waals surface area contributed by atoms with E-state index in [4.69, 9.17) is 16.3 Å². The lowest BCUT2D eigenvalue weighted by Crippen LogP contribution is -2.28. The summed E-state index contributed by atoms with van der Waals surface area (Å²) in [5.74, 6) is 0.632. The van der Waals surface area contributed by atoms with Gasteiger partial charge in [-0.2, -0.15) is 0 Å². The lowest BCUT2D eigenvalue weighted by Gasteiger charge is -2.18. The third-order valence-electron chi connectivity index (χ3n) is 3.00. The van der Waals surface area contributed by atoms with Crippen LogP contribution >= 0.6 is 11.6 Å². The van der Waals surface area contributed by atoms with E-state index in [9.17, 15) is 8.42 Å². The molecular weight excluding hydrogens is 286 g/mol. The van der Waals surface area contributed by atoms with Crippen LogP contribution in [0.25, 0.3) is 0 Å². The summed E-state index contributed by atoms with van der Waals surface area (Å²) in [6.07, 6.45) is 3.28. The Morgan fingerprint density at radius 2 is 2.00 bits per heavy atom. The minimum atomic E-state index is -3.21. The van der Waals surface area contributed by atoms with E-state index < -0.39 is 10.0 Å². The summed E-state index contributed by atoms with van der Waals surface area (Å²) < 4.78 is 30.7. The van der Waals surface area contributed by atoms with E-state index in [0.717, 1.165) is 11.8 Å². The average molecular weight is 304 g/mol. The zero-order valence-electron chi connectivity index (χ0n) is 10.8. The van der Waals surface area contributed by atoms with E-state index in [1.54, 1.807) is 12.1 Å². The minimum absolute atomic E-state index is 0.243. The highest BCUT2D eigenvalue weighted by atomic mass is 35.5. The molecule has 1 aliphatic rings. The first-order chi connectivity index (χ1) is 8.94. The van der Waals surface area contributed by atoms with Gasteiger partial charge in [0.1, 0.15) is 0 Å². The fourth-order valence-corrected chi connectivity index (χ4v) is 2.29. The molecule has 0 aromatic heterocycles. The SMILES string of the molecule is CS(=O)(=O)NC[C@H](OCC1CC1)c1ccc(Cl)cc1. The van der Waals surface area contributed by atoms with E-state index in [2.05, 4.69) is 4.72 Å². The quantitative estimate of drug-likeness (QED) is 0.841. The lowest BCUT2D eigenvalue weighted by atomic mass is 10.1. The van der Waals surface area contributed by atoms with Crippen LogP contribution in [-0.4, -0.2) is 27.8 Å². The molecule has 4 nitrogen and oxygen atoms in total. The van der Waals surface area contributed by atoms with Crippen LogP contribution in [0, 0.1) is 5.92 Å². The van der Waals surface area contributed by atoms with Gasteiger partial charge in [0, 0.05) is 11.6 Å². The van der Waals surface area contributed by atoms with Gasteiger partial charge >= 0.3 is 0 Å². The molecule has 0 aliphatic heterocycles. The largest absolute Gasteiger partial charge is 0.372 e. The van der Waals surface area contributed by atoms with Crippen molar-refractivity contribution in [2.75, 3.05) is 19.4 Å². The van der Waals surface area contributed by atoms with Crippen molar-refractivity contribution in [3.8, 4) is 0 Å². The second-order valence-electron chi connectivity index (χ2n) is 4.94. The molecule has 1 atom stereocenters. The number of nitrogens with one attached hydrogen (secondary N) is 1. The Labute approximate surface area is 119 Å². The average Bonchev–Trinajstić information content (AvgIpc) is 3.13. The van der Waals surface area contributed by atoms with Crippen molar-refractivity contribution in [2.24, 2.45) is 5.92 Å². The standard InChI is InChI=1S/C13H18ClNO3S/c1-19(16,17)15-8-13(18-9-10-2-3-10)11-4-6-12(14)7-5-11/h4-7,10,13,15H,2-3,8-9H2,1H3/t13-/m0/s1. The Morgan fingerprint density at radius 3 is 2.53 bits per heavy atom. The molecule has 0 heterocycles. The first-order valence-corrected chi connectivity index (χ1v) is 8.53. The highest BCUT2D eigenvalue weighted by Crippen LogP contribution is 2.31. The fourth-order valence-electron chi connectivity index (χ4n) is 1.71. The molecule has 0 spiro atoms. The van der Waals surface area contributed by atoms with Gasteiger partial charge in [0.25, 0.3) is 0 Å². The minimum Gasteiger partial charge on any atom is -0.372 e. The second-order valence-corrected chi connectivity index (χ2v) is 7.21. The third kappa shape index (κ3) is 5.48. The van der Waals surface area contributed by atoms with E-state index in [0.29, 0.717) is 17.5 Å². The third-order valence-corrected chi connectivity index (χ3v) is 3.95. The van der Waals surface area contributed by atoms with Gasteiger partial charge in [0.2, 0.25) is 10.0 Å². The summed E-state index contributed by atoms with van der Waals surface area (Å²) in [6, 6.07) is 7.29. The number of hydrogen-bond acceptors (Lipinski definition) is 3. The van der Waals surface area contributed by atoms with Crippen LogP contribution in [0.4, 0.5) is 0 Å². The van der Waals surface area contributed by atoms with Gasteiger partial charge in [0.15, 0.2) is 0 Å². The number of sulfonamides is 1. The molecule has 0 radical (unpaired) electrons. The summed E-state index contributed by atoms with van der Waals surface area (Å²) in [5.41, 5.74) is 0.932. The molecule has 1 saturated carbocycles. The van der Waals surface area contributed by atoms with Gasteiger partial charge in [-0.1, -0.05) is 23.7 Å². The Morgan fingerprint density at radius 1 is 1.37 bits per heavy atom. The summed E-state index contributed by atoms with van der Waals surface area (Å²) >= 11 is 5.85. The monoisotopic (exact) mass is 303 g/mol. The zero-order chi connectivity index (χ0) is 13.9. The van der Waals surface area contributed by atoms with Crippen molar-refractivity contribution in [1.29, 1.82) is 0 Å². The maximum atomic E-state index is 11.2. The van der Waals surface area contributed by atoms with Crippen LogP contribution in [-0.2, 0) is 14.8 Å². The number of ether oxygens (including phenoxy) is 1. The maximum Gasteiger partial charge on any atom is 0.208 e.